The fraction of sp³-hybridized carbons (Fsp3) is 0.0667. The van der Waals surface area contributed by atoms with Gasteiger partial charge >= 0.3 is 5.97 Å². The minimum atomic E-state index is -1.16. The summed E-state index contributed by atoms with van der Waals surface area (Å²) >= 11 is 3.21. The van der Waals surface area contributed by atoms with E-state index in [1.165, 1.54) is 24.3 Å². The molecule has 0 fully saturated rings. The van der Waals surface area contributed by atoms with Gasteiger partial charge in [0, 0.05) is 10.0 Å². The van der Waals surface area contributed by atoms with Crippen molar-refractivity contribution in [3.63, 3.8) is 0 Å². The third kappa shape index (κ3) is 3.46. The maximum absolute atomic E-state index is 13.2. The topological polar surface area (TPSA) is 66.4 Å². The Morgan fingerprint density at radius 3 is 2.52 bits per heavy atom. The van der Waals surface area contributed by atoms with Gasteiger partial charge in [0.25, 0.3) is 5.91 Å². The number of carbonyl (C=O) groups excluding carboxylic acids is 1. The van der Waals surface area contributed by atoms with E-state index in [9.17, 15) is 14.0 Å². The fourth-order valence-electron chi connectivity index (χ4n) is 1.83. The van der Waals surface area contributed by atoms with Crippen molar-refractivity contribution in [3.05, 3.63) is 63.4 Å². The van der Waals surface area contributed by atoms with Crippen LogP contribution in [0.3, 0.4) is 0 Å². The highest BCUT2D eigenvalue weighted by molar-refractivity contribution is 9.10. The summed E-state index contributed by atoms with van der Waals surface area (Å²) < 4.78 is 13.9. The predicted octanol–water partition coefficient (Wildman–Crippen LogP) is 3.85. The average molecular weight is 352 g/mol. The van der Waals surface area contributed by atoms with Gasteiger partial charge in [-0.3, -0.25) is 4.79 Å². The van der Waals surface area contributed by atoms with Crippen LogP contribution in [0.4, 0.5) is 10.1 Å². The van der Waals surface area contributed by atoms with Crippen molar-refractivity contribution < 1.29 is 19.1 Å². The molecule has 1 amide bonds. The first kappa shape index (κ1) is 15.2. The number of halogens is 2. The van der Waals surface area contributed by atoms with Crippen molar-refractivity contribution in [1.29, 1.82) is 0 Å². The van der Waals surface area contributed by atoms with Crippen molar-refractivity contribution in [3.8, 4) is 0 Å². The van der Waals surface area contributed by atoms with Gasteiger partial charge in [0.15, 0.2) is 0 Å². The van der Waals surface area contributed by atoms with Crippen LogP contribution in [0, 0.1) is 12.7 Å². The molecular weight excluding hydrogens is 341 g/mol. The standard InChI is InChI=1S/C15H11BrFNO3/c1-8-2-4-10(17)7-12(8)14(19)18-13-6-9(16)3-5-11(13)15(20)21/h2-7H,1H3,(H,18,19)(H,20,21). The number of anilines is 1. The highest BCUT2D eigenvalue weighted by atomic mass is 79.9. The lowest BCUT2D eigenvalue weighted by molar-refractivity contribution is 0.0698. The van der Waals surface area contributed by atoms with Crippen LogP contribution in [-0.2, 0) is 0 Å². The highest BCUT2D eigenvalue weighted by Gasteiger charge is 2.15. The van der Waals surface area contributed by atoms with Gasteiger partial charge in [0.2, 0.25) is 0 Å². The third-order valence-corrected chi connectivity index (χ3v) is 3.40. The van der Waals surface area contributed by atoms with Crippen molar-refractivity contribution in [2.45, 2.75) is 6.92 Å². The number of benzene rings is 2. The number of carbonyl (C=O) groups is 2. The normalized spacial score (nSPS) is 10.2. The van der Waals surface area contributed by atoms with E-state index in [-0.39, 0.29) is 16.8 Å². The van der Waals surface area contributed by atoms with Crippen LogP contribution in [0.5, 0.6) is 0 Å². The first-order valence-corrected chi connectivity index (χ1v) is 6.78. The van der Waals surface area contributed by atoms with Crippen molar-refractivity contribution >= 4 is 33.5 Å². The molecule has 0 aliphatic heterocycles. The largest absolute Gasteiger partial charge is 0.478 e. The van der Waals surface area contributed by atoms with E-state index >= 15 is 0 Å². The van der Waals surface area contributed by atoms with Gasteiger partial charge in [-0.05, 0) is 42.8 Å². The Morgan fingerprint density at radius 1 is 1.14 bits per heavy atom. The van der Waals surface area contributed by atoms with Gasteiger partial charge in [-0.1, -0.05) is 22.0 Å². The molecule has 0 atom stereocenters. The Hall–Kier alpha value is -2.21. The van der Waals surface area contributed by atoms with Gasteiger partial charge in [-0.25, -0.2) is 9.18 Å². The van der Waals surface area contributed by atoms with Crippen LogP contribution in [0.25, 0.3) is 0 Å². The molecule has 0 saturated heterocycles. The predicted molar refractivity (Wildman–Crippen MR) is 80.2 cm³/mol. The van der Waals surface area contributed by atoms with E-state index in [0.717, 1.165) is 6.07 Å². The summed E-state index contributed by atoms with van der Waals surface area (Å²) in [4.78, 5) is 23.3. The van der Waals surface area contributed by atoms with Crippen LogP contribution in [0.2, 0.25) is 0 Å². The molecule has 0 aromatic heterocycles. The van der Waals surface area contributed by atoms with Gasteiger partial charge < -0.3 is 10.4 Å². The van der Waals surface area contributed by atoms with E-state index in [4.69, 9.17) is 5.11 Å². The minimum absolute atomic E-state index is 0.0411. The molecule has 2 aromatic carbocycles. The monoisotopic (exact) mass is 351 g/mol. The molecule has 4 nitrogen and oxygen atoms in total. The molecule has 2 rings (SSSR count). The summed E-state index contributed by atoms with van der Waals surface area (Å²) in [6, 6.07) is 8.28. The lowest BCUT2D eigenvalue weighted by atomic mass is 10.1. The molecule has 0 spiro atoms. The fourth-order valence-corrected chi connectivity index (χ4v) is 2.20. The number of aromatic carboxylic acids is 1. The molecular formula is C15H11BrFNO3. The summed E-state index contributed by atoms with van der Waals surface area (Å²) in [7, 11) is 0. The van der Waals surface area contributed by atoms with Crippen LogP contribution >= 0.6 is 15.9 Å². The lowest BCUT2D eigenvalue weighted by Gasteiger charge is -2.10. The number of carboxylic acids is 1. The first-order valence-electron chi connectivity index (χ1n) is 5.99. The minimum Gasteiger partial charge on any atom is -0.478 e. The molecule has 21 heavy (non-hydrogen) atoms. The van der Waals surface area contributed by atoms with Crippen LogP contribution in [0.15, 0.2) is 40.9 Å². The van der Waals surface area contributed by atoms with Crippen molar-refractivity contribution in [1.82, 2.24) is 0 Å². The van der Waals surface area contributed by atoms with Crippen molar-refractivity contribution in [2.75, 3.05) is 5.32 Å². The first-order chi connectivity index (χ1) is 9.88. The SMILES string of the molecule is Cc1ccc(F)cc1C(=O)Nc1cc(Br)ccc1C(=O)O. The molecule has 6 heteroatoms. The Bertz CT molecular complexity index is 731. The molecule has 0 heterocycles. The van der Waals surface area contributed by atoms with E-state index in [1.807, 2.05) is 0 Å². The van der Waals surface area contributed by atoms with Crippen LogP contribution in [0.1, 0.15) is 26.3 Å². The maximum Gasteiger partial charge on any atom is 0.337 e. The van der Waals surface area contributed by atoms with E-state index in [2.05, 4.69) is 21.2 Å². The molecule has 0 aliphatic carbocycles. The van der Waals surface area contributed by atoms with E-state index < -0.39 is 17.7 Å². The average Bonchev–Trinajstić information content (AvgIpc) is 2.41. The molecule has 0 radical (unpaired) electrons. The number of hydrogen-bond donors (Lipinski definition) is 2. The second kappa shape index (κ2) is 6.05. The highest BCUT2D eigenvalue weighted by Crippen LogP contribution is 2.23. The number of carboxylic acid groups (broad SMARTS) is 1. The number of hydrogen-bond acceptors (Lipinski definition) is 2. The Labute approximate surface area is 128 Å². The Morgan fingerprint density at radius 2 is 1.86 bits per heavy atom. The number of amides is 1. The maximum atomic E-state index is 13.2. The summed E-state index contributed by atoms with van der Waals surface area (Å²) in [5.74, 6) is -2.25. The van der Waals surface area contributed by atoms with E-state index in [0.29, 0.717) is 10.0 Å². The molecule has 2 aromatic rings. The zero-order chi connectivity index (χ0) is 15.6. The lowest BCUT2D eigenvalue weighted by Crippen LogP contribution is -2.16. The summed E-state index contributed by atoms with van der Waals surface area (Å²) in [6.07, 6.45) is 0. The van der Waals surface area contributed by atoms with Crippen LogP contribution < -0.4 is 5.32 Å². The van der Waals surface area contributed by atoms with E-state index in [1.54, 1.807) is 13.0 Å². The zero-order valence-electron chi connectivity index (χ0n) is 11.0. The second-order valence-corrected chi connectivity index (χ2v) is 5.32. The molecule has 0 unspecified atom stereocenters. The molecule has 0 bridgehead atoms. The smallest absolute Gasteiger partial charge is 0.337 e. The number of nitrogens with one attached hydrogen (secondary N) is 1. The Kier molecular flexibility index (Phi) is 4.37. The summed E-state index contributed by atoms with van der Waals surface area (Å²) in [6.45, 7) is 1.67. The van der Waals surface area contributed by atoms with Gasteiger partial charge in [-0.2, -0.15) is 0 Å². The van der Waals surface area contributed by atoms with Gasteiger partial charge in [0.1, 0.15) is 5.82 Å². The van der Waals surface area contributed by atoms with Crippen molar-refractivity contribution in [2.24, 2.45) is 0 Å². The summed E-state index contributed by atoms with van der Waals surface area (Å²) in [5.41, 5.74) is 0.859. The molecule has 0 saturated carbocycles. The second-order valence-electron chi connectivity index (χ2n) is 4.41. The number of rotatable bonds is 3. The van der Waals surface area contributed by atoms with Gasteiger partial charge in [0.05, 0.1) is 11.3 Å². The third-order valence-electron chi connectivity index (χ3n) is 2.90. The molecule has 108 valence electrons. The van der Waals surface area contributed by atoms with Crippen LogP contribution in [-0.4, -0.2) is 17.0 Å². The molecule has 2 N–H and O–H groups in total. The van der Waals surface area contributed by atoms with Gasteiger partial charge in [-0.15, -0.1) is 0 Å². The quantitative estimate of drug-likeness (QED) is 0.882. The molecule has 0 aliphatic rings. The zero-order valence-corrected chi connectivity index (χ0v) is 12.6. The summed E-state index contributed by atoms with van der Waals surface area (Å²) in [5, 5.41) is 11.6. The number of aryl methyl sites for hydroxylation is 1. The Balaban J connectivity index is 2.38.